The summed E-state index contributed by atoms with van der Waals surface area (Å²) >= 11 is 5.11. The van der Waals surface area contributed by atoms with Gasteiger partial charge in [-0.2, -0.15) is 0 Å². The van der Waals surface area contributed by atoms with Crippen molar-refractivity contribution in [3.63, 3.8) is 0 Å². The van der Waals surface area contributed by atoms with E-state index >= 15 is 0 Å². The van der Waals surface area contributed by atoms with Crippen LogP contribution in [0.25, 0.3) is 0 Å². The third-order valence-electron chi connectivity index (χ3n) is 2.84. The van der Waals surface area contributed by atoms with Crippen LogP contribution in [0.1, 0.15) is 0 Å². The van der Waals surface area contributed by atoms with Gasteiger partial charge in [-0.1, -0.05) is 0 Å². The van der Waals surface area contributed by atoms with Crippen molar-refractivity contribution in [1.82, 2.24) is 4.98 Å². The zero-order chi connectivity index (χ0) is 17.7. The molecule has 2 aromatic rings. The van der Waals surface area contributed by atoms with Crippen LogP contribution in [0, 0.1) is 20.2 Å². The Morgan fingerprint density at radius 3 is 2.33 bits per heavy atom. The van der Waals surface area contributed by atoms with Crippen molar-refractivity contribution in [2.75, 3.05) is 17.7 Å². The Hall–Kier alpha value is -3.34. The lowest BCUT2D eigenvalue weighted by molar-refractivity contribution is -0.385. The summed E-state index contributed by atoms with van der Waals surface area (Å²) in [6, 6.07) is 6.70. The quantitative estimate of drug-likeness (QED) is 0.475. The van der Waals surface area contributed by atoms with E-state index in [1.165, 1.54) is 37.4 Å². The number of nitro benzene ring substituents is 1. The maximum atomic E-state index is 10.8. The number of anilines is 2. The van der Waals surface area contributed by atoms with Gasteiger partial charge in [0.1, 0.15) is 17.8 Å². The number of methoxy groups -OCH3 is 1. The average molecular weight is 349 g/mol. The minimum atomic E-state index is -0.560. The number of nitro groups is 2. The van der Waals surface area contributed by atoms with Crippen LogP contribution in [0.15, 0.2) is 36.5 Å². The predicted molar refractivity (Wildman–Crippen MR) is 90.4 cm³/mol. The minimum Gasteiger partial charge on any atom is -0.494 e. The van der Waals surface area contributed by atoms with Gasteiger partial charge in [-0.25, -0.2) is 4.98 Å². The van der Waals surface area contributed by atoms with Crippen LogP contribution in [0.4, 0.5) is 22.9 Å². The van der Waals surface area contributed by atoms with Crippen molar-refractivity contribution in [3.8, 4) is 5.75 Å². The standard InChI is InChI=1S/C13H11N5O5S/c1-23-11-6-8(17(19)20)2-4-10(11)15-13(24)16-12-5-3-9(7-14-12)18(21)22/h2-7H,1H3,(H2,14,15,16,24). The van der Waals surface area contributed by atoms with Crippen molar-refractivity contribution in [1.29, 1.82) is 0 Å². The van der Waals surface area contributed by atoms with Crippen molar-refractivity contribution >= 4 is 40.2 Å². The molecule has 2 rings (SSSR count). The Kier molecular flexibility index (Phi) is 5.16. The van der Waals surface area contributed by atoms with Gasteiger partial charge in [-0.3, -0.25) is 20.2 Å². The van der Waals surface area contributed by atoms with Gasteiger partial charge >= 0.3 is 0 Å². The van der Waals surface area contributed by atoms with Gasteiger partial charge in [0.2, 0.25) is 0 Å². The molecule has 0 aliphatic rings. The molecule has 0 saturated heterocycles. The van der Waals surface area contributed by atoms with Crippen LogP contribution < -0.4 is 15.4 Å². The molecule has 0 amide bonds. The number of aromatic nitrogens is 1. The maximum Gasteiger partial charge on any atom is 0.287 e. The SMILES string of the molecule is COc1cc([N+](=O)[O-])ccc1NC(=S)Nc1ccc([N+](=O)[O-])cn1. The van der Waals surface area contributed by atoms with E-state index in [-0.39, 0.29) is 22.2 Å². The van der Waals surface area contributed by atoms with Crippen molar-refractivity contribution in [2.24, 2.45) is 0 Å². The molecule has 0 spiro atoms. The highest BCUT2D eigenvalue weighted by Crippen LogP contribution is 2.29. The van der Waals surface area contributed by atoms with Crippen molar-refractivity contribution in [2.45, 2.75) is 0 Å². The van der Waals surface area contributed by atoms with E-state index < -0.39 is 9.85 Å². The molecule has 0 bridgehead atoms. The number of hydrogen-bond donors (Lipinski definition) is 2. The van der Waals surface area contributed by atoms with Crippen molar-refractivity contribution < 1.29 is 14.6 Å². The summed E-state index contributed by atoms with van der Waals surface area (Å²) < 4.78 is 5.08. The lowest BCUT2D eigenvalue weighted by atomic mass is 10.2. The summed E-state index contributed by atoms with van der Waals surface area (Å²) in [5.74, 6) is 0.545. The third kappa shape index (κ3) is 4.10. The molecule has 11 heteroatoms. The highest BCUT2D eigenvalue weighted by atomic mass is 32.1. The van der Waals surface area contributed by atoms with Gasteiger partial charge in [0, 0.05) is 12.1 Å². The summed E-state index contributed by atoms with van der Waals surface area (Å²) in [6.45, 7) is 0. The fraction of sp³-hybridized carbons (Fsp3) is 0.0769. The first-order chi connectivity index (χ1) is 11.4. The second-order valence-corrected chi connectivity index (χ2v) is 4.79. The molecule has 0 saturated carbocycles. The Morgan fingerprint density at radius 1 is 1.12 bits per heavy atom. The highest BCUT2D eigenvalue weighted by molar-refractivity contribution is 7.80. The number of ether oxygens (including phenoxy) is 1. The normalized spacial score (nSPS) is 9.88. The molecule has 0 aliphatic heterocycles. The van der Waals surface area contributed by atoms with Gasteiger partial charge in [0.15, 0.2) is 5.11 Å². The van der Waals surface area contributed by atoms with E-state index in [9.17, 15) is 20.2 Å². The van der Waals surface area contributed by atoms with Gasteiger partial charge < -0.3 is 15.4 Å². The topological polar surface area (TPSA) is 132 Å². The summed E-state index contributed by atoms with van der Waals surface area (Å²) in [6.07, 6.45) is 1.09. The number of rotatable bonds is 5. The third-order valence-corrected chi connectivity index (χ3v) is 3.05. The fourth-order valence-corrected chi connectivity index (χ4v) is 1.95. The second kappa shape index (κ2) is 7.28. The van der Waals surface area contributed by atoms with E-state index in [0.29, 0.717) is 11.5 Å². The van der Waals surface area contributed by atoms with E-state index in [1.807, 2.05) is 0 Å². The van der Waals surface area contributed by atoms with Gasteiger partial charge in [0.05, 0.1) is 28.7 Å². The monoisotopic (exact) mass is 349 g/mol. The van der Waals surface area contributed by atoms with Crippen LogP contribution in [0.5, 0.6) is 5.75 Å². The Morgan fingerprint density at radius 2 is 1.79 bits per heavy atom. The maximum absolute atomic E-state index is 10.8. The number of nitrogens with one attached hydrogen (secondary N) is 2. The summed E-state index contributed by atoms with van der Waals surface area (Å²) in [5.41, 5.74) is 0.160. The molecular weight excluding hydrogens is 338 g/mol. The smallest absolute Gasteiger partial charge is 0.287 e. The molecule has 0 fully saturated rings. The molecule has 2 N–H and O–H groups in total. The summed E-state index contributed by atoms with van der Waals surface area (Å²) in [4.78, 5) is 24.1. The van der Waals surface area contributed by atoms with E-state index in [0.717, 1.165) is 6.20 Å². The molecule has 24 heavy (non-hydrogen) atoms. The molecule has 1 heterocycles. The number of nitrogens with zero attached hydrogens (tertiary/aromatic N) is 3. The van der Waals surface area contributed by atoms with Crippen LogP contribution in [-0.2, 0) is 0 Å². The van der Waals surface area contributed by atoms with Gasteiger partial charge in [-0.15, -0.1) is 0 Å². The molecule has 1 aromatic heterocycles. The first-order valence-corrected chi connectivity index (χ1v) is 6.82. The van der Waals surface area contributed by atoms with E-state index in [4.69, 9.17) is 17.0 Å². The molecule has 1 aromatic carbocycles. The number of non-ortho nitro benzene ring substituents is 1. The zero-order valence-electron chi connectivity index (χ0n) is 12.3. The predicted octanol–water partition coefficient (Wildman–Crippen LogP) is 2.72. The molecule has 0 aliphatic carbocycles. The Labute approximate surface area is 140 Å². The Balaban J connectivity index is 2.09. The first-order valence-electron chi connectivity index (χ1n) is 6.41. The number of thiocarbonyl (C=S) groups is 1. The van der Waals surface area contributed by atoms with Gasteiger partial charge in [0.25, 0.3) is 11.4 Å². The molecular formula is C13H11N5O5S. The van der Waals surface area contributed by atoms with Crippen LogP contribution in [0.3, 0.4) is 0 Å². The molecule has 0 unspecified atom stereocenters. The van der Waals surface area contributed by atoms with E-state index in [1.54, 1.807) is 0 Å². The average Bonchev–Trinajstić information content (AvgIpc) is 2.55. The fourth-order valence-electron chi connectivity index (χ4n) is 1.73. The second-order valence-electron chi connectivity index (χ2n) is 4.38. The lowest BCUT2D eigenvalue weighted by Gasteiger charge is -2.12. The van der Waals surface area contributed by atoms with E-state index in [2.05, 4.69) is 15.6 Å². The van der Waals surface area contributed by atoms with Crippen LogP contribution in [-0.4, -0.2) is 27.1 Å². The lowest BCUT2D eigenvalue weighted by Crippen LogP contribution is -2.20. The minimum absolute atomic E-state index is 0.117. The Bertz CT molecular complexity index is 796. The number of benzene rings is 1. The molecule has 0 atom stereocenters. The van der Waals surface area contributed by atoms with Crippen LogP contribution >= 0.6 is 12.2 Å². The first kappa shape index (κ1) is 17.0. The highest BCUT2D eigenvalue weighted by Gasteiger charge is 2.12. The molecule has 124 valence electrons. The van der Waals surface area contributed by atoms with Crippen LogP contribution in [0.2, 0.25) is 0 Å². The molecule has 10 nitrogen and oxygen atoms in total. The van der Waals surface area contributed by atoms with Crippen molar-refractivity contribution in [3.05, 3.63) is 56.8 Å². The van der Waals surface area contributed by atoms with Gasteiger partial charge in [-0.05, 0) is 24.4 Å². The zero-order valence-corrected chi connectivity index (χ0v) is 13.1. The number of pyridine rings is 1. The largest absolute Gasteiger partial charge is 0.494 e. The molecule has 0 radical (unpaired) electrons. The summed E-state index contributed by atoms with van der Waals surface area (Å²) in [7, 11) is 1.37. The number of hydrogen-bond acceptors (Lipinski definition) is 7. The summed E-state index contributed by atoms with van der Waals surface area (Å²) in [5, 5.41) is 27.0.